The molecule has 0 amide bonds. The van der Waals surface area contributed by atoms with Gasteiger partial charge >= 0.3 is 0 Å². The van der Waals surface area contributed by atoms with E-state index in [1.165, 1.54) is 23.5 Å². The fraction of sp³-hybridized carbons (Fsp3) is 0.500. The van der Waals surface area contributed by atoms with Gasteiger partial charge in [-0.1, -0.05) is 18.5 Å². The first kappa shape index (κ1) is 14.6. The molecule has 5 nitrogen and oxygen atoms in total. The quantitative estimate of drug-likeness (QED) is 0.914. The van der Waals surface area contributed by atoms with E-state index in [1.807, 2.05) is 6.92 Å². The molecule has 0 bridgehead atoms. The number of rotatable bonds is 3. The van der Waals surface area contributed by atoms with Crippen LogP contribution in [0.5, 0.6) is 5.75 Å². The van der Waals surface area contributed by atoms with E-state index in [-0.39, 0.29) is 21.9 Å². The van der Waals surface area contributed by atoms with Crippen molar-refractivity contribution in [1.82, 2.24) is 4.31 Å². The lowest BCUT2D eigenvalue weighted by Gasteiger charge is -2.16. The van der Waals surface area contributed by atoms with Gasteiger partial charge in [0, 0.05) is 19.1 Å². The summed E-state index contributed by atoms with van der Waals surface area (Å²) in [5.74, 6) is 0.607. The highest BCUT2D eigenvalue weighted by Crippen LogP contribution is 2.30. The molecule has 1 saturated heterocycles. The van der Waals surface area contributed by atoms with Crippen molar-refractivity contribution in [3.05, 3.63) is 23.2 Å². The van der Waals surface area contributed by atoms with Crippen LogP contribution in [-0.2, 0) is 10.0 Å². The van der Waals surface area contributed by atoms with Crippen molar-refractivity contribution in [3.63, 3.8) is 0 Å². The summed E-state index contributed by atoms with van der Waals surface area (Å²) in [7, 11) is -2.06. The third kappa shape index (κ3) is 2.72. The Balaban J connectivity index is 2.33. The molecular formula is C12H17ClN2O3S. The molecule has 7 heteroatoms. The van der Waals surface area contributed by atoms with E-state index in [9.17, 15) is 8.42 Å². The molecular weight excluding hydrogens is 288 g/mol. The molecule has 1 aliphatic rings. The average molecular weight is 305 g/mol. The Bertz CT molecular complexity index is 566. The maximum Gasteiger partial charge on any atom is 0.243 e. The minimum Gasteiger partial charge on any atom is -0.495 e. The van der Waals surface area contributed by atoms with E-state index in [1.54, 1.807) is 6.07 Å². The van der Waals surface area contributed by atoms with Gasteiger partial charge in [-0.25, -0.2) is 8.42 Å². The second-order valence-corrected chi connectivity index (χ2v) is 7.10. The molecule has 2 N–H and O–H groups in total. The Morgan fingerprint density at radius 3 is 2.58 bits per heavy atom. The number of ether oxygens (including phenoxy) is 1. The number of hydrogen-bond donors (Lipinski definition) is 1. The average Bonchev–Trinajstić information content (AvgIpc) is 2.70. The van der Waals surface area contributed by atoms with Crippen molar-refractivity contribution in [3.8, 4) is 5.75 Å². The summed E-state index contributed by atoms with van der Waals surface area (Å²) in [4.78, 5) is 0.166. The monoisotopic (exact) mass is 304 g/mol. The fourth-order valence-corrected chi connectivity index (χ4v) is 4.03. The summed E-state index contributed by atoms with van der Waals surface area (Å²) in [6.07, 6.45) is 0. The molecule has 0 spiro atoms. The maximum absolute atomic E-state index is 12.4. The molecule has 19 heavy (non-hydrogen) atoms. The Labute approximate surface area is 118 Å². The van der Waals surface area contributed by atoms with Gasteiger partial charge in [0.1, 0.15) is 5.75 Å². The molecule has 0 aromatic heterocycles. The SMILES string of the molecule is COc1ccc(S(=O)(=O)N2CC(C)C(N)C2)cc1Cl. The molecule has 2 rings (SSSR count). The summed E-state index contributed by atoms with van der Waals surface area (Å²) >= 11 is 5.97. The second kappa shape index (κ2) is 5.28. The van der Waals surface area contributed by atoms with Crippen LogP contribution in [0.25, 0.3) is 0 Å². The Kier molecular flexibility index (Phi) is 4.06. The number of benzene rings is 1. The first-order valence-corrected chi connectivity index (χ1v) is 7.77. The van der Waals surface area contributed by atoms with E-state index in [4.69, 9.17) is 22.1 Å². The van der Waals surface area contributed by atoms with Crippen molar-refractivity contribution >= 4 is 21.6 Å². The van der Waals surface area contributed by atoms with Crippen molar-refractivity contribution < 1.29 is 13.2 Å². The van der Waals surface area contributed by atoms with Gasteiger partial charge in [-0.05, 0) is 24.1 Å². The summed E-state index contributed by atoms with van der Waals surface area (Å²) in [6.45, 7) is 2.72. The second-order valence-electron chi connectivity index (χ2n) is 4.76. The normalized spacial score (nSPS) is 24.6. The summed E-state index contributed by atoms with van der Waals surface area (Å²) in [5.41, 5.74) is 5.87. The molecule has 1 aromatic carbocycles. The van der Waals surface area contributed by atoms with Crippen LogP contribution in [0.3, 0.4) is 0 Å². The molecule has 0 saturated carbocycles. The van der Waals surface area contributed by atoms with Crippen LogP contribution in [0.1, 0.15) is 6.92 Å². The lowest BCUT2D eigenvalue weighted by Crippen LogP contribution is -2.32. The van der Waals surface area contributed by atoms with Gasteiger partial charge in [0.15, 0.2) is 0 Å². The number of hydrogen-bond acceptors (Lipinski definition) is 4. The first-order valence-electron chi connectivity index (χ1n) is 5.95. The molecule has 1 aromatic rings. The van der Waals surface area contributed by atoms with Gasteiger partial charge in [0.25, 0.3) is 0 Å². The highest BCUT2D eigenvalue weighted by atomic mass is 35.5. The topological polar surface area (TPSA) is 72.6 Å². The zero-order valence-electron chi connectivity index (χ0n) is 10.8. The molecule has 2 atom stereocenters. The number of methoxy groups -OCH3 is 1. The highest BCUT2D eigenvalue weighted by molar-refractivity contribution is 7.89. The lowest BCUT2D eigenvalue weighted by molar-refractivity contribution is 0.414. The van der Waals surface area contributed by atoms with E-state index in [2.05, 4.69) is 0 Å². The predicted octanol–water partition coefficient (Wildman–Crippen LogP) is 1.32. The van der Waals surface area contributed by atoms with Gasteiger partial charge in [-0.2, -0.15) is 4.31 Å². The summed E-state index contributed by atoms with van der Waals surface area (Å²) in [5, 5.41) is 0.278. The van der Waals surface area contributed by atoms with E-state index in [0.29, 0.717) is 18.8 Å². The minimum absolute atomic E-state index is 0.122. The predicted molar refractivity (Wildman–Crippen MR) is 73.9 cm³/mol. The molecule has 1 fully saturated rings. The van der Waals surface area contributed by atoms with Crippen molar-refractivity contribution in [2.24, 2.45) is 11.7 Å². The lowest BCUT2D eigenvalue weighted by atomic mass is 10.1. The molecule has 2 unspecified atom stereocenters. The van der Waals surface area contributed by atoms with Crippen LogP contribution in [0.15, 0.2) is 23.1 Å². The number of sulfonamides is 1. The Hall–Kier alpha value is -0.820. The van der Waals surface area contributed by atoms with Gasteiger partial charge in [0.05, 0.1) is 17.0 Å². The Morgan fingerprint density at radius 1 is 1.42 bits per heavy atom. The smallest absolute Gasteiger partial charge is 0.243 e. The largest absolute Gasteiger partial charge is 0.495 e. The third-order valence-corrected chi connectivity index (χ3v) is 5.52. The van der Waals surface area contributed by atoms with E-state index in [0.717, 1.165) is 0 Å². The van der Waals surface area contributed by atoms with Crippen LogP contribution < -0.4 is 10.5 Å². The van der Waals surface area contributed by atoms with E-state index < -0.39 is 10.0 Å². The van der Waals surface area contributed by atoms with Gasteiger partial charge in [-0.3, -0.25) is 0 Å². The minimum atomic E-state index is -3.54. The zero-order valence-corrected chi connectivity index (χ0v) is 12.4. The van der Waals surface area contributed by atoms with Crippen molar-refractivity contribution in [2.75, 3.05) is 20.2 Å². The maximum atomic E-state index is 12.4. The number of nitrogens with two attached hydrogens (primary N) is 1. The van der Waals surface area contributed by atoms with Gasteiger partial charge in [-0.15, -0.1) is 0 Å². The van der Waals surface area contributed by atoms with Crippen LogP contribution >= 0.6 is 11.6 Å². The molecule has 1 aliphatic heterocycles. The molecule has 0 radical (unpaired) electrons. The van der Waals surface area contributed by atoms with Crippen LogP contribution in [0.2, 0.25) is 5.02 Å². The van der Waals surface area contributed by atoms with Gasteiger partial charge < -0.3 is 10.5 Å². The highest BCUT2D eigenvalue weighted by Gasteiger charge is 2.35. The summed E-state index contributed by atoms with van der Waals surface area (Å²) < 4.78 is 31.3. The van der Waals surface area contributed by atoms with Crippen LogP contribution in [-0.4, -0.2) is 39.0 Å². The zero-order chi connectivity index (χ0) is 14.2. The van der Waals surface area contributed by atoms with Crippen molar-refractivity contribution in [1.29, 1.82) is 0 Å². The molecule has 0 aliphatic carbocycles. The first-order chi connectivity index (χ1) is 8.86. The fourth-order valence-electron chi connectivity index (χ4n) is 2.10. The molecule has 1 heterocycles. The standard InChI is InChI=1S/C12H17ClN2O3S/c1-8-6-15(7-11(8)14)19(16,17)9-3-4-12(18-2)10(13)5-9/h3-5,8,11H,6-7,14H2,1-2H3. The molecule has 106 valence electrons. The van der Waals surface area contributed by atoms with Crippen molar-refractivity contribution in [2.45, 2.75) is 17.9 Å². The third-order valence-electron chi connectivity index (χ3n) is 3.40. The van der Waals surface area contributed by atoms with Gasteiger partial charge in [0.2, 0.25) is 10.0 Å². The summed E-state index contributed by atoms with van der Waals surface area (Å²) in [6, 6.07) is 4.33. The number of nitrogens with zero attached hydrogens (tertiary/aromatic N) is 1. The Morgan fingerprint density at radius 2 is 2.11 bits per heavy atom. The van der Waals surface area contributed by atoms with Crippen LogP contribution in [0, 0.1) is 5.92 Å². The number of halogens is 1. The van der Waals surface area contributed by atoms with E-state index >= 15 is 0 Å². The van der Waals surface area contributed by atoms with Crippen LogP contribution in [0.4, 0.5) is 0 Å².